The highest BCUT2D eigenvalue weighted by molar-refractivity contribution is 7.98. The van der Waals surface area contributed by atoms with Crippen LogP contribution >= 0.6 is 11.8 Å². The van der Waals surface area contributed by atoms with Crippen LogP contribution in [0.5, 0.6) is 0 Å². The van der Waals surface area contributed by atoms with Gasteiger partial charge in [-0.3, -0.25) is 0 Å². The second-order valence-electron chi connectivity index (χ2n) is 4.18. The molecule has 0 aliphatic carbocycles. The highest BCUT2D eigenvalue weighted by Gasteiger charge is 2.05. The Morgan fingerprint density at radius 1 is 1.00 bits per heavy atom. The molecule has 19 heavy (non-hydrogen) atoms. The monoisotopic (exact) mass is 276 g/mol. The minimum absolute atomic E-state index is 0.610. The maximum Gasteiger partial charge on any atom is 0.188 e. The van der Waals surface area contributed by atoms with Crippen molar-refractivity contribution in [2.45, 2.75) is 31.7 Å². The van der Waals surface area contributed by atoms with Crippen molar-refractivity contribution in [1.82, 2.24) is 19.9 Å². The van der Waals surface area contributed by atoms with Gasteiger partial charge in [-0.25, -0.2) is 25.8 Å². The molecular formula is C12H16N6S. The molecule has 0 spiro atoms. The first-order valence-corrected chi connectivity index (χ1v) is 6.81. The van der Waals surface area contributed by atoms with Crippen molar-refractivity contribution in [3.63, 3.8) is 0 Å². The molecule has 0 saturated carbocycles. The molecule has 7 heteroatoms. The summed E-state index contributed by atoms with van der Waals surface area (Å²) in [5.41, 5.74) is 5.33. The third kappa shape index (κ3) is 3.87. The Hall–Kier alpha value is -1.73. The molecule has 2 aromatic rings. The first-order valence-electron chi connectivity index (χ1n) is 5.83. The molecule has 0 aromatic carbocycles. The number of nitrogens with zero attached hydrogens (tertiary/aromatic N) is 4. The van der Waals surface area contributed by atoms with Crippen LogP contribution in [0.1, 0.15) is 22.9 Å². The Bertz CT molecular complexity index is 566. The standard InChI is InChI=1S/C12H16N6S/c1-7-4-8(2)16-12(15-7)19-6-11-14-9(3)5-10(17-11)18-13/h4-5H,6,13H2,1-3H3,(H,14,17,18). The number of nitrogens with one attached hydrogen (secondary N) is 1. The molecule has 0 unspecified atom stereocenters. The average Bonchev–Trinajstić information content (AvgIpc) is 2.34. The predicted octanol–water partition coefficient (Wildman–Crippen LogP) is 1.77. The van der Waals surface area contributed by atoms with Crippen molar-refractivity contribution in [2.24, 2.45) is 5.84 Å². The van der Waals surface area contributed by atoms with E-state index < -0.39 is 0 Å². The van der Waals surface area contributed by atoms with Gasteiger partial charge in [-0.2, -0.15) is 0 Å². The molecular weight excluding hydrogens is 260 g/mol. The second-order valence-corrected chi connectivity index (χ2v) is 5.12. The smallest absolute Gasteiger partial charge is 0.188 e. The molecule has 0 aliphatic rings. The van der Waals surface area contributed by atoms with Crippen molar-refractivity contribution in [2.75, 3.05) is 5.43 Å². The number of hydrogen-bond donors (Lipinski definition) is 2. The third-order valence-corrected chi connectivity index (χ3v) is 3.18. The highest BCUT2D eigenvalue weighted by atomic mass is 32.2. The number of anilines is 1. The van der Waals surface area contributed by atoms with Gasteiger partial charge in [-0.15, -0.1) is 0 Å². The van der Waals surface area contributed by atoms with Crippen LogP contribution in [0, 0.1) is 20.8 Å². The van der Waals surface area contributed by atoms with Crippen LogP contribution in [0.4, 0.5) is 5.82 Å². The largest absolute Gasteiger partial charge is 0.308 e. The maximum atomic E-state index is 5.36. The van der Waals surface area contributed by atoms with Gasteiger partial charge in [0.1, 0.15) is 11.6 Å². The maximum absolute atomic E-state index is 5.36. The molecule has 0 radical (unpaired) electrons. The number of nitrogen functional groups attached to an aromatic ring is 1. The van der Waals surface area contributed by atoms with E-state index in [1.54, 1.807) is 6.07 Å². The van der Waals surface area contributed by atoms with E-state index in [0.29, 0.717) is 17.4 Å². The zero-order valence-electron chi connectivity index (χ0n) is 11.1. The number of aryl methyl sites for hydroxylation is 3. The molecule has 0 amide bonds. The van der Waals surface area contributed by atoms with Crippen LogP contribution in [-0.2, 0) is 5.75 Å². The summed E-state index contributed by atoms with van der Waals surface area (Å²) in [6, 6.07) is 3.74. The number of hydrogen-bond acceptors (Lipinski definition) is 7. The molecule has 0 saturated heterocycles. The SMILES string of the molecule is Cc1cc(NN)nc(CSc2nc(C)cc(C)n2)n1. The van der Waals surface area contributed by atoms with E-state index >= 15 is 0 Å². The molecule has 100 valence electrons. The van der Waals surface area contributed by atoms with Gasteiger partial charge in [0.15, 0.2) is 5.16 Å². The number of rotatable bonds is 4. The Balaban J connectivity index is 2.11. The number of thioether (sulfide) groups is 1. The van der Waals surface area contributed by atoms with Crippen LogP contribution in [-0.4, -0.2) is 19.9 Å². The van der Waals surface area contributed by atoms with Crippen molar-refractivity contribution < 1.29 is 0 Å². The lowest BCUT2D eigenvalue weighted by Gasteiger charge is -2.05. The van der Waals surface area contributed by atoms with Gasteiger partial charge in [0.2, 0.25) is 0 Å². The minimum Gasteiger partial charge on any atom is -0.308 e. The van der Waals surface area contributed by atoms with E-state index in [1.165, 1.54) is 11.8 Å². The van der Waals surface area contributed by atoms with Crippen molar-refractivity contribution >= 4 is 17.6 Å². The summed E-state index contributed by atoms with van der Waals surface area (Å²) in [4.78, 5) is 17.4. The summed E-state index contributed by atoms with van der Waals surface area (Å²) >= 11 is 1.51. The van der Waals surface area contributed by atoms with Crippen molar-refractivity contribution in [3.05, 3.63) is 35.0 Å². The molecule has 6 nitrogen and oxygen atoms in total. The normalized spacial score (nSPS) is 10.5. The quantitative estimate of drug-likeness (QED) is 0.380. The summed E-state index contributed by atoms with van der Waals surface area (Å²) < 4.78 is 0. The highest BCUT2D eigenvalue weighted by Crippen LogP contribution is 2.19. The fraction of sp³-hybridized carbons (Fsp3) is 0.333. The lowest BCUT2D eigenvalue weighted by molar-refractivity contribution is 0.897. The number of nitrogens with two attached hydrogens (primary N) is 1. The van der Waals surface area contributed by atoms with E-state index in [0.717, 1.165) is 22.2 Å². The van der Waals surface area contributed by atoms with E-state index in [4.69, 9.17) is 5.84 Å². The van der Waals surface area contributed by atoms with E-state index in [-0.39, 0.29) is 0 Å². The molecule has 0 atom stereocenters. The molecule has 2 rings (SSSR count). The van der Waals surface area contributed by atoms with E-state index in [9.17, 15) is 0 Å². The van der Waals surface area contributed by atoms with Crippen molar-refractivity contribution in [1.29, 1.82) is 0 Å². The van der Waals surface area contributed by atoms with Crippen molar-refractivity contribution in [3.8, 4) is 0 Å². The molecule has 3 N–H and O–H groups in total. The minimum atomic E-state index is 0.610. The summed E-state index contributed by atoms with van der Waals surface area (Å²) in [6.07, 6.45) is 0. The van der Waals surface area contributed by atoms with Gasteiger partial charge < -0.3 is 5.43 Å². The second kappa shape index (κ2) is 5.94. The van der Waals surface area contributed by atoms with Crippen LogP contribution < -0.4 is 11.3 Å². The van der Waals surface area contributed by atoms with Crippen LogP contribution in [0.15, 0.2) is 17.3 Å². The first kappa shape index (κ1) is 13.7. The Morgan fingerprint density at radius 2 is 1.63 bits per heavy atom. The van der Waals surface area contributed by atoms with Gasteiger partial charge in [0.05, 0.1) is 5.75 Å². The number of hydrazine groups is 1. The van der Waals surface area contributed by atoms with Crippen LogP contribution in [0.3, 0.4) is 0 Å². The molecule has 0 bridgehead atoms. The molecule has 2 heterocycles. The Morgan fingerprint density at radius 3 is 2.26 bits per heavy atom. The first-order chi connectivity index (χ1) is 9.06. The Labute approximate surface area is 116 Å². The number of aromatic nitrogens is 4. The molecule has 2 aromatic heterocycles. The van der Waals surface area contributed by atoms with E-state index in [2.05, 4.69) is 25.4 Å². The zero-order valence-corrected chi connectivity index (χ0v) is 12.0. The van der Waals surface area contributed by atoms with Gasteiger partial charge in [0, 0.05) is 23.1 Å². The predicted molar refractivity (Wildman–Crippen MR) is 75.6 cm³/mol. The molecule has 0 fully saturated rings. The summed E-state index contributed by atoms with van der Waals surface area (Å²) in [5, 5.41) is 0.741. The fourth-order valence-electron chi connectivity index (χ4n) is 1.66. The summed E-state index contributed by atoms with van der Waals surface area (Å²) in [5.74, 6) is 7.30. The van der Waals surface area contributed by atoms with Gasteiger partial charge in [-0.05, 0) is 26.8 Å². The van der Waals surface area contributed by atoms with Gasteiger partial charge >= 0.3 is 0 Å². The van der Waals surface area contributed by atoms with Gasteiger partial charge in [0.25, 0.3) is 0 Å². The van der Waals surface area contributed by atoms with Crippen LogP contribution in [0.2, 0.25) is 0 Å². The third-order valence-electron chi connectivity index (χ3n) is 2.34. The topological polar surface area (TPSA) is 89.6 Å². The summed E-state index contributed by atoms with van der Waals surface area (Å²) in [7, 11) is 0. The Kier molecular flexibility index (Phi) is 4.28. The average molecular weight is 276 g/mol. The fourth-order valence-corrected chi connectivity index (χ4v) is 2.46. The summed E-state index contributed by atoms with van der Waals surface area (Å²) in [6.45, 7) is 5.82. The lowest BCUT2D eigenvalue weighted by atomic mass is 10.4. The zero-order chi connectivity index (χ0) is 13.8. The van der Waals surface area contributed by atoms with Gasteiger partial charge in [-0.1, -0.05) is 11.8 Å². The lowest BCUT2D eigenvalue weighted by Crippen LogP contribution is -2.10. The molecule has 0 aliphatic heterocycles. The van der Waals surface area contributed by atoms with Crippen LogP contribution in [0.25, 0.3) is 0 Å². The van der Waals surface area contributed by atoms with E-state index in [1.807, 2.05) is 26.8 Å².